The topological polar surface area (TPSA) is 142 Å². The van der Waals surface area contributed by atoms with Gasteiger partial charge < -0.3 is 33.6 Å². The Labute approximate surface area is 721 Å². The van der Waals surface area contributed by atoms with Crippen LogP contribution >= 0.6 is 0 Å². The van der Waals surface area contributed by atoms with Crippen LogP contribution in [0.5, 0.6) is 23.0 Å². The number of hydrogen-bond acceptors (Lipinski definition) is 11. The van der Waals surface area contributed by atoms with Gasteiger partial charge in [-0.05, 0) is 206 Å². The molecular weight excluding hydrogens is 1480 g/mol. The van der Waals surface area contributed by atoms with Crippen LogP contribution in [0.2, 0.25) is 0 Å². The molecule has 11 heteroatoms. The van der Waals surface area contributed by atoms with E-state index in [2.05, 4.69) is 176 Å². The first-order valence-electron chi connectivity index (χ1n) is 44.2. The lowest BCUT2D eigenvalue weighted by Gasteiger charge is -2.25. The van der Waals surface area contributed by atoms with Gasteiger partial charge in [0, 0.05) is 73.4 Å². The molecule has 0 fully saturated rings. The van der Waals surface area contributed by atoms with Gasteiger partial charge in [0.1, 0.15) is 23.0 Å². The normalized spacial score (nSPS) is 11.6. The fraction of sp³-hybridized carbons (Fsp3) is 0.291. The van der Waals surface area contributed by atoms with Crippen LogP contribution < -0.4 is 33.6 Å². The maximum atomic E-state index is 11.4. The van der Waals surface area contributed by atoms with Crippen LogP contribution in [0.3, 0.4) is 0 Å². The molecule has 0 spiro atoms. The molecule has 0 heterocycles. The van der Waals surface area contributed by atoms with E-state index in [-0.39, 0.29) is 0 Å². The minimum Gasteiger partial charge on any atom is -0.493 e. The monoisotopic (exact) mass is 1600 g/mol. The Morgan fingerprint density at radius 3 is 0.562 bits per heavy atom. The van der Waals surface area contributed by atoms with Gasteiger partial charge in [-0.3, -0.25) is 0 Å². The molecule has 0 aromatic heterocycles. The average molecular weight is 1600 g/mol. The Morgan fingerprint density at radius 2 is 0.388 bits per heavy atom. The third-order valence-electron chi connectivity index (χ3n) is 21.7. The molecule has 0 N–H and O–H groups in total. The first kappa shape index (κ1) is 88.7. The Bertz CT molecular complexity index is 4880. The van der Waals surface area contributed by atoms with Crippen molar-refractivity contribution in [2.24, 2.45) is 0 Å². The summed E-state index contributed by atoms with van der Waals surface area (Å²) in [4.78, 5) is 6.62. The predicted octanol–water partition coefficient (Wildman–Crippen LogP) is 31.3. The third kappa shape index (κ3) is 26.5. The lowest BCUT2D eigenvalue weighted by atomic mass is 9.96. The van der Waals surface area contributed by atoms with Crippen LogP contribution in [0, 0.1) is 45.3 Å². The van der Waals surface area contributed by atoms with Crippen LogP contribution in [0.4, 0.5) is 51.2 Å². The molecule has 121 heavy (non-hydrogen) atoms. The zero-order valence-corrected chi connectivity index (χ0v) is 71.4. The van der Waals surface area contributed by atoms with E-state index < -0.39 is 0 Å². The highest BCUT2D eigenvalue weighted by Crippen LogP contribution is 2.44. The summed E-state index contributed by atoms with van der Waals surface area (Å²) in [6, 6.07) is 102. The molecule has 0 amide bonds. The van der Waals surface area contributed by atoms with Gasteiger partial charge in [0.2, 0.25) is 0 Å². The van der Waals surface area contributed by atoms with E-state index in [4.69, 9.17) is 18.9 Å². The fourth-order valence-corrected chi connectivity index (χ4v) is 15.2. The second-order valence-corrected chi connectivity index (χ2v) is 30.9. The summed E-state index contributed by atoms with van der Waals surface area (Å²) in [5.41, 5.74) is 16.1. The van der Waals surface area contributed by atoms with Gasteiger partial charge in [-0.2, -0.15) is 21.0 Å². The number of unbranched alkanes of at least 4 members (excludes halogenated alkanes) is 20. The molecule has 0 atom stereocenters. The molecule has 0 unspecified atom stereocenters. The number of ether oxygens (including phenoxy) is 4. The van der Waals surface area contributed by atoms with E-state index in [1.165, 1.54) is 51.4 Å². The molecule has 0 radical (unpaired) electrons. The Balaban J connectivity index is 0.918. The lowest BCUT2D eigenvalue weighted by molar-refractivity contribution is 0.295. The summed E-state index contributed by atoms with van der Waals surface area (Å²) in [6.07, 6.45) is 33.6. The van der Waals surface area contributed by atoms with Crippen molar-refractivity contribution in [3.63, 3.8) is 0 Å². The summed E-state index contributed by atoms with van der Waals surface area (Å²) in [6.45, 7) is 10.7. The molecule has 616 valence electrons. The minimum atomic E-state index is 0.391. The Morgan fingerprint density at radius 1 is 0.223 bits per heavy atom. The minimum absolute atomic E-state index is 0.391. The van der Waals surface area contributed by atoms with Crippen molar-refractivity contribution in [2.75, 3.05) is 41.1 Å². The fourth-order valence-electron chi connectivity index (χ4n) is 15.2. The number of anilines is 9. The van der Waals surface area contributed by atoms with Crippen LogP contribution in [-0.2, 0) is 0 Å². The summed E-state index contributed by atoms with van der Waals surface area (Å²) >= 11 is 0. The van der Waals surface area contributed by atoms with E-state index in [0.717, 1.165) is 176 Å². The Kier molecular flexibility index (Phi) is 36.2. The van der Waals surface area contributed by atoms with E-state index in [1.807, 2.05) is 188 Å². The van der Waals surface area contributed by atoms with Crippen LogP contribution in [0.25, 0.3) is 46.6 Å². The summed E-state index contributed by atoms with van der Waals surface area (Å²) in [5.74, 6) is 2.04. The number of benzene rings is 11. The van der Waals surface area contributed by atoms with Crippen molar-refractivity contribution in [3.8, 4) is 47.3 Å². The lowest BCUT2D eigenvalue weighted by Crippen LogP contribution is -2.09. The molecular formula is C110H117N7O4. The van der Waals surface area contributed by atoms with Crippen LogP contribution in [-0.4, -0.2) is 26.4 Å². The van der Waals surface area contributed by atoms with Crippen molar-refractivity contribution in [1.82, 2.24) is 0 Å². The van der Waals surface area contributed by atoms with Gasteiger partial charge in [0.05, 0.1) is 73.0 Å². The molecule has 11 aromatic carbocycles. The van der Waals surface area contributed by atoms with Gasteiger partial charge in [-0.25, -0.2) is 0 Å². The molecule has 0 saturated heterocycles. The molecule has 0 bridgehead atoms. The second kappa shape index (κ2) is 49.4. The molecule has 0 aliphatic rings. The van der Waals surface area contributed by atoms with Crippen molar-refractivity contribution in [3.05, 3.63) is 317 Å². The standard InChI is InChI=1S/C110H117N7O4/c1-5-9-13-17-21-40-70-118-107-80-105(109(120-72-42-23-19-15-11-7-3)78-103(107)90(82-111)74-86-54-62-99(63-55-86)115(94-44-30-25-31-45-94)95-46-32-26-33-47-95)92(84-113)76-88-58-66-101(67-59-88)117(98-52-38-29-39-53-98)102-68-60-89(61-69-102)77-93(85-114)106-81-108(119-71-41-22-18-14-10-6-2)104(79-110(106)121-73-43-24-20-16-12-8-4)91(83-112)75-87-56-64-100(65-57-87)116(96-48-34-27-35-49-96)97-50-36-28-37-51-97/h25-39,44-69,74-81H,5-24,40-43,70-73H2,1-4H3/b90-74+,91-75+,92-76+,93-77+. The van der Waals surface area contributed by atoms with Gasteiger partial charge in [0.15, 0.2) is 0 Å². The first-order chi connectivity index (χ1) is 59.7. The number of hydrogen-bond donors (Lipinski definition) is 0. The maximum Gasteiger partial charge on any atom is 0.128 e. The molecule has 0 aliphatic carbocycles. The maximum absolute atomic E-state index is 11.4. The van der Waals surface area contributed by atoms with Crippen molar-refractivity contribution >= 4 is 97.8 Å². The molecule has 0 saturated carbocycles. The van der Waals surface area contributed by atoms with Crippen molar-refractivity contribution in [1.29, 1.82) is 21.0 Å². The number of para-hydroxylation sites is 5. The summed E-state index contributed by atoms with van der Waals surface area (Å²) in [5, 5.41) is 45.2. The molecule has 0 aliphatic heterocycles. The third-order valence-corrected chi connectivity index (χ3v) is 21.7. The van der Waals surface area contributed by atoms with Crippen molar-refractivity contribution < 1.29 is 18.9 Å². The highest BCUT2D eigenvalue weighted by Gasteiger charge is 2.24. The highest BCUT2D eigenvalue weighted by molar-refractivity contribution is 5.99. The quantitative estimate of drug-likeness (QED) is 0.0204. The first-order valence-corrected chi connectivity index (χ1v) is 44.2. The number of nitrogens with zero attached hydrogens (tertiary/aromatic N) is 7. The van der Waals surface area contributed by atoms with E-state index in [0.29, 0.717) is 94.0 Å². The van der Waals surface area contributed by atoms with E-state index >= 15 is 0 Å². The van der Waals surface area contributed by atoms with Gasteiger partial charge in [-0.1, -0.05) is 296 Å². The van der Waals surface area contributed by atoms with E-state index in [9.17, 15) is 21.0 Å². The largest absolute Gasteiger partial charge is 0.493 e. The molecule has 11 aromatic rings. The summed E-state index contributed by atoms with van der Waals surface area (Å²) < 4.78 is 27.2. The van der Waals surface area contributed by atoms with Crippen molar-refractivity contribution in [2.45, 2.75) is 182 Å². The predicted molar refractivity (Wildman–Crippen MR) is 506 cm³/mol. The average Bonchev–Trinajstić information content (AvgIpc) is 0.797. The van der Waals surface area contributed by atoms with Gasteiger partial charge in [0.25, 0.3) is 0 Å². The zero-order chi connectivity index (χ0) is 84.3. The van der Waals surface area contributed by atoms with E-state index in [1.54, 1.807) is 0 Å². The van der Waals surface area contributed by atoms with Gasteiger partial charge in [-0.15, -0.1) is 0 Å². The second-order valence-electron chi connectivity index (χ2n) is 30.9. The van der Waals surface area contributed by atoms with Crippen LogP contribution in [0.15, 0.2) is 273 Å². The smallest absolute Gasteiger partial charge is 0.128 e. The Hall–Kier alpha value is -13.1. The van der Waals surface area contributed by atoms with Gasteiger partial charge >= 0.3 is 0 Å². The number of nitriles is 4. The molecule has 11 rings (SSSR count). The SMILES string of the molecule is CCCCCCCCOc1cc(/C(C#N)=C/c2ccc(N(c3ccccc3)c3ccc(/C=C(\C#N)c4cc(OCCCCCCCC)c(/C(C#N)=C/c5ccc(N(c6ccccc6)c6ccccc6)cc5)cc4OCCCCCCCC)cc3)cc2)c(OCCCCCCCC)cc1/C(C#N)=C/c1ccc(N(c2ccccc2)c2ccccc2)cc1. The zero-order valence-electron chi connectivity index (χ0n) is 71.4. The number of allylic oxidation sites excluding steroid dienone is 4. The number of rotatable bonds is 49. The highest BCUT2D eigenvalue weighted by atomic mass is 16.5. The van der Waals surface area contributed by atoms with Crippen LogP contribution in [0.1, 0.15) is 226 Å². The summed E-state index contributed by atoms with van der Waals surface area (Å²) in [7, 11) is 0. The molecule has 11 nitrogen and oxygen atoms in total.